The first kappa shape index (κ1) is 14.9. The first-order chi connectivity index (χ1) is 9.29. The van der Waals surface area contributed by atoms with E-state index in [0.29, 0.717) is 11.3 Å². The molecule has 0 bridgehead atoms. The summed E-state index contributed by atoms with van der Waals surface area (Å²) in [4.78, 5) is 4.56. The fourth-order valence-corrected chi connectivity index (χ4v) is 3.51. The zero-order chi connectivity index (χ0) is 13.5. The van der Waals surface area contributed by atoms with Gasteiger partial charge in [-0.2, -0.15) is 16.7 Å². The van der Waals surface area contributed by atoms with Crippen molar-refractivity contribution in [3.63, 3.8) is 0 Å². The van der Waals surface area contributed by atoms with E-state index in [4.69, 9.17) is 4.52 Å². The lowest BCUT2D eigenvalue weighted by molar-refractivity contribution is 0.361. The fraction of sp³-hybridized carbons (Fsp3) is 0.857. The topological polar surface area (TPSA) is 51.0 Å². The third kappa shape index (κ3) is 4.80. The minimum atomic E-state index is 0.460. The summed E-state index contributed by atoms with van der Waals surface area (Å²) in [6.45, 7) is 5.48. The maximum absolute atomic E-state index is 5.37. The first-order valence-corrected chi connectivity index (χ1v) is 8.52. The molecule has 0 aliphatic carbocycles. The van der Waals surface area contributed by atoms with Crippen molar-refractivity contribution >= 4 is 11.8 Å². The normalized spacial score (nSPS) is 21.5. The number of thioether (sulfide) groups is 1. The number of hydrogen-bond donors (Lipinski definition) is 1. The van der Waals surface area contributed by atoms with E-state index in [2.05, 4.69) is 29.3 Å². The van der Waals surface area contributed by atoms with E-state index in [-0.39, 0.29) is 0 Å². The van der Waals surface area contributed by atoms with Gasteiger partial charge in [0, 0.05) is 12.5 Å². The highest BCUT2D eigenvalue weighted by atomic mass is 32.2. The summed E-state index contributed by atoms with van der Waals surface area (Å²) in [5.41, 5.74) is 0. The van der Waals surface area contributed by atoms with Gasteiger partial charge in [0.1, 0.15) is 0 Å². The Hall–Kier alpha value is -0.550. The van der Waals surface area contributed by atoms with Crippen LogP contribution < -0.4 is 5.32 Å². The minimum absolute atomic E-state index is 0.460. The standard InChI is InChI=1S/C14H25N3OS/c1-3-9-15-11(2)7-8-13-16-14(17-18-13)12-6-4-5-10-19-12/h11-12,15H,3-10H2,1-2H3. The lowest BCUT2D eigenvalue weighted by Gasteiger charge is -2.17. The molecule has 2 unspecified atom stereocenters. The van der Waals surface area contributed by atoms with Crippen molar-refractivity contribution in [3.8, 4) is 0 Å². The van der Waals surface area contributed by atoms with E-state index < -0.39 is 0 Å². The molecule has 1 saturated heterocycles. The second-order valence-corrected chi connectivity index (χ2v) is 6.61. The number of nitrogens with one attached hydrogen (secondary N) is 1. The second kappa shape index (κ2) is 7.90. The second-order valence-electron chi connectivity index (χ2n) is 5.30. The Labute approximate surface area is 120 Å². The number of hydrogen-bond acceptors (Lipinski definition) is 5. The fourth-order valence-electron chi connectivity index (χ4n) is 2.28. The van der Waals surface area contributed by atoms with E-state index in [0.717, 1.165) is 31.1 Å². The Morgan fingerprint density at radius 3 is 3.11 bits per heavy atom. The van der Waals surface area contributed by atoms with Gasteiger partial charge in [0.2, 0.25) is 5.89 Å². The van der Waals surface area contributed by atoms with Crippen LogP contribution in [0.4, 0.5) is 0 Å². The number of aromatic nitrogens is 2. The van der Waals surface area contributed by atoms with Crippen molar-refractivity contribution in [2.75, 3.05) is 12.3 Å². The van der Waals surface area contributed by atoms with Crippen LogP contribution in [0.15, 0.2) is 4.52 Å². The van der Waals surface area contributed by atoms with Crippen LogP contribution in [0.1, 0.15) is 62.9 Å². The lowest BCUT2D eigenvalue weighted by atomic mass is 10.1. The maximum Gasteiger partial charge on any atom is 0.226 e. The monoisotopic (exact) mass is 283 g/mol. The predicted octanol–water partition coefficient (Wildman–Crippen LogP) is 3.35. The molecule has 0 amide bonds. The zero-order valence-electron chi connectivity index (χ0n) is 12.0. The van der Waals surface area contributed by atoms with Gasteiger partial charge in [0.15, 0.2) is 5.82 Å². The Morgan fingerprint density at radius 2 is 2.37 bits per heavy atom. The van der Waals surface area contributed by atoms with E-state index in [1.807, 2.05) is 11.8 Å². The van der Waals surface area contributed by atoms with Crippen molar-refractivity contribution in [2.45, 2.75) is 63.7 Å². The molecular formula is C14H25N3OS. The van der Waals surface area contributed by atoms with E-state index in [1.165, 1.54) is 31.4 Å². The van der Waals surface area contributed by atoms with Gasteiger partial charge in [0.05, 0.1) is 5.25 Å². The Balaban J connectivity index is 1.77. The third-order valence-corrected chi connectivity index (χ3v) is 4.86. The molecule has 5 heteroatoms. The summed E-state index contributed by atoms with van der Waals surface area (Å²) >= 11 is 1.97. The number of aryl methyl sites for hydroxylation is 1. The molecule has 1 aliphatic rings. The smallest absolute Gasteiger partial charge is 0.226 e. The molecule has 1 fully saturated rings. The van der Waals surface area contributed by atoms with E-state index in [1.54, 1.807) is 0 Å². The van der Waals surface area contributed by atoms with Crippen molar-refractivity contribution in [3.05, 3.63) is 11.7 Å². The quantitative estimate of drug-likeness (QED) is 0.831. The zero-order valence-corrected chi connectivity index (χ0v) is 12.8. The van der Waals surface area contributed by atoms with Gasteiger partial charge in [-0.1, -0.05) is 18.5 Å². The predicted molar refractivity (Wildman–Crippen MR) is 79.4 cm³/mol. The summed E-state index contributed by atoms with van der Waals surface area (Å²) in [5.74, 6) is 2.94. The van der Waals surface area contributed by atoms with Crippen LogP contribution in [-0.4, -0.2) is 28.5 Å². The summed E-state index contributed by atoms with van der Waals surface area (Å²) in [6.07, 6.45) is 6.92. The van der Waals surface area contributed by atoms with Gasteiger partial charge in [-0.25, -0.2) is 0 Å². The molecule has 4 nitrogen and oxygen atoms in total. The SMILES string of the molecule is CCCNC(C)CCc1nc(C2CCCCS2)no1. The van der Waals surface area contributed by atoms with Crippen LogP contribution in [-0.2, 0) is 6.42 Å². The van der Waals surface area contributed by atoms with Crippen LogP contribution in [0.3, 0.4) is 0 Å². The van der Waals surface area contributed by atoms with E-state index >= 15 is 0 Å². The molecule has 0 spiro atoms. The van der Waals surface area contributed by atoms with Gasteiger partial charge in [-0.05, 0) is 44.9 Å². The van der Waals surface area contributed by atoms with Crippen LogP contribution in [0.5, 0.6) is 0 Å². The average Bonchev–Trinajstić information content (AvgIpc) is 2.93. The Kier molecular flexibility index (Phi) is 6.17. The Morgan fingerprint density at radius 1 is 1.47 bits per heavy atom. The third-order valence-electron chi connectivity index (χ3n) is 3.49. The lowest BCUT2D eigenvalue weighted by Crippen LogP contribution is -2.27. The molecule has 108 valence electrons. The van der Waals surface area contributed by atoms with E-state index in [9.17, 15) is 0 Å². The first-order valence-electron chi connectivity index (χ1n) is 7.47. The van der Waals surface area contributed by atoms with Crippen molar-refractivity contribution in [1.82, 2.24) is 15.5 Å². The van der Waals surface area contributed by atoms with Crippen LogP contribution in [0.2, 0.25) is 0 Å². The van der Waals surface area contributed by atoms with Gasteiger partial charge in [0.25, 0.3) is 0 Å². The molecule has 1 aromatic heterocycles. The summed E-state index contributed by atoms with van der Waals surface area (Å²) in [7, 11) is 0. The van der Waals surface area contributed by atoms with Gasteiger partial charge in [-0.15, -0.1) is 0 Å². The molecule has 0 saturated carbocycles. The molecule has 2 heterocycles. The molecule has 1 aliphatic heterocycles. The van der Waals surface area contributed by atoms with Crippen LogP contribution in [0, 0.1) is 0 Å². The van der Waals surface area contributed by atoms with Gasteiger partial charge in [-0.3, -0.25) is 0 Å². The van der Waals surface area contributed by atoms with Crippen molar-refractivity contribution < 1.29 is 4.52 Å². The number of rotatable bonds is 7. The highest BCUT2D eigenvalue weighted by Gasteiger charge is 2.21. The molecular weight excluding hydrogens is 258 g/mol. The maximum atomic E-state index is 5.37. The van der Waals surface area contributed by atoms with Crippen molar-refractivity contribution in [1.29, 1.82) is 0 Å². The molecule has 0 aromatic carbocycles. The number of nitrogens with zero attached hydrogens (tertiary/aromatic N) is 2. The van der Waals surface area contributed by atoms with Crippen LogP contribution in [0.25, 0.3) is 0 Å². The summed E-state index contributed by atoms with van der Waals surface area (Å²) in [5, 5.41) is 8.09. The summed E-state index contributed by atoms with van der Waals surface area (Å²) < 4.78 is 5.37. The molecule has 19 heavy (non-hydrogen) atoms. The van der Waals surface area contributed by atoms with Crippen LogP contribution >= 0.6 is 11.8 Å². The largest absolute Gasteiger partial charge is 0.339 e. The van der Waals surface area contributed by atoms with Gasteiger partial charge < -0.3 is 9.84 Å². The molecule has 1 N–H and O–H groups in total. The highest BCUT2D eigenvalue weighted by molar-refractivity contribution is 7.99. The average molecular weight is 283 g/mol. The Bertz CT molecular complexity index is 363. The molecule has 0 radical (unpaired) electrons. The van der Waals surface area contributed by atoms with Gasteiger partial charge >= 0.3 is 0 Å². The molecule has 2 rings (SSSR count). The molecule has 2 atom stereocenters. The summed E-state index contributed by atoms with van der Waals surface area (Å²) in [6, 6.07) is 0.513. The molecule has 1 aromatic rings. The highest BCUT2D eigenvalue weighted by Crippen LogP contribution is 2.36. The minimum Gasteiger partial charge on any atom is -0.339 e. The van der Waals surface area contributed by atoms with Crippen molar-refractivity contribution in [2.24, 2.45) is 0 Å².